The highest BCUT2D eigenvalue weighted by atomic mass is 79.9. The van der Waals surface area contributed by atoms with Gasteiger partial charge in [0.15, 0.2) is 0 Å². The highest BCUT2D eigenvalue weighted by Gasteiger charge is 2.19. The van der Waals surface area contributed by atoms with Crippen LogP contribution in [0.1, 0.15) is 18.9 Å². The number of nitro groups is 1. The number of carbonyl (C=O) groups is 1. The van der Waals surface area contributed by atoms with Crippen molar-refractivity contribution >= 4 is 39.3 Å². The Hall–Kier alpha value is -1.15. The fourth-order valence-corrected chi connectivity index (χ4v) is 2.92. The van der Waals surface area contributed by atoms with Gasteiger partial charge >= 0.3 is 5.97 Å². The number of carbonyl (C=O) groups excluding carboxylic acids is 1. The monoisotopic (exact) mass is 348 g/mol. The fourth-order valence-electron chi connectivity index (χ4n) is 1.36. The summed E-state index contributed by atoms with van der Waals surface area (Å²) in [5, 5.41) is 11.4. The highest BCUT2D eigenvalue weighted by Crippen LogP contribution is 2.35. The topological polar surface area (TPSA) is 82.3 Å². The second kappa shape index (κ2) is 6.85. The summed E-state index contributed by atoms with van der Waals surface area (Å²) in [6.45, 7) is 3.52. The first-order chi connectivity index (χ1) is 8.86. The third-order valence-corrected chi connectivity index (χ3v) is 4.73. The van der Waals surface area contributed by atoms with Crippen LogP contribution in [-0.4, -0.2) is 28.2 Å². The summed E-state index contributed by atoms with van der Waals surface area (Å²) in [6, 6.07) is 0. The van der Waals surface area contributed by atoms with Crippen molar-refractivity contribution in [1.29, 1.82) is 0 Å². The maximum Gasteiger partial charge on any atom is 0.306 e. The summed E-state index contributed by atoms with van der Waals surface area (Å²) < 4.78 is 5.18. The summed E-state index contributed by atoms with van der Waals surface area (Å²) >= 11 is 4.67. The van der Waals surface area contributed by atoms with Gasteiger partial charge in [-0.3, -0.25) is 14.9 Å². The molecule has 1 atom stereocenters. The number of nitrogens with zero attached hydrogens (tertiary/aromatic N) is 2. The van der Waals surface area contributed by atoms with Crippen molar-refractivity contribution in [3.05, 3.63) is 26.3 Å². The molecule has 0 spiro atoms. The lowest BCUT2D eigenvalue weighted by molar-refractivity contribution is -0.385. The Morgan fingerprint density at radius 3 is 2.84 bits per heavy atom. The number of methoxy groups -OCH3 is 1. The zero-order valence-corrected chi connectivity index (χ0v) is 13.1. The zero-order chi connectivity index (χ0) is 14.6. The van der Waals surface area contributed by atoms with Crippen LogP contribution in [0.25, 0.3) is 0 Å². The van der Waals surface area contributed by atoms with Gasteiger partial charge in [0.2, 0.25) is 0 Å². The summed E-state index contributed by atoms with van der Waals surface area (Å²) in [6.07, 6.45) is 1.48. The molecular formula is C11H13BrN2O4S. The van der Waals surface area contributed by atoms with E-state index in [2.05, 4.69) is 25.7 Å². The maximum atomic E-state index is 11.2. The van der Waals surface area contributed by atoms with Crippen molar-refractivity contribution in [3.63, 3.8) is 0 Å². The lowest BCUT2D eigenvalue weighted by Gasteiger charge is -2.11. The Morgan fingerprint density at radius 2 is 2.32 bits per heavy atom. The average Bonchev–Trinajstić information content (AvgIpc) is 2.34. The molecule has 0 N–H and O–H groups in total. The number of halogens is 1. The molecule has 104 valence electrons. The number of hydrogen-bond acceptors (Lipinski definition) is 6. The molecule has 0 aliphatic rings. The van der Waals surface area contributed by atoms with Crippen LogP contribution < -0.4 is 0 Å². The van der Waals surface area contributed by atoms with Crippen molar-refractivity contribution in [2.45, 2.75) is 30.5 Å². The quantitative estimate of drug-likeness (QED) is 0.352. The van der Waals surface area contributed by atoms with E-state index in [0.29, 0.717) is 15.1 Å². The van der Waals surface area contributed by atoms with E-state index < -0.39 is 4.92 Å². The van der Waals surface area contributed by atoms with Gasteiger partial charge < -0.3 is 4.74 Å². The van der Waals surface area contributed by atoms with Crippen LogP contribution in [0.5, 0.6) is 0 Å². The van der Waals surface area contributed by atoms with Crippen molar-refractivity contribution in [1.82, 2.24) is 4.98 Å². The molecule has 8 heteroatoms. The summed E-state index contributed by atoms with van der Waals surface area (Å²) in [4.78, 5) is 25.5. The smallest absolute Gasteiger partial charge is 0.306 e. The fraction of sp³-hybridized carbons (Fsp3) is 0.455. The molecule has 0 amide bonds. The van der Waals surface area contributed by atoms with Crippen LogP contribution in [0.3, 0.4) is 0 Å². The van der Waals surface area contributed by atoms with Crippen LogP contribution >= 0.6 is 27.7 Å². The van der Waals surface area contributed by atoms with Crippen LogP contribution in [0, 0.1) is 17.0 Å². The molecule has 1 aromatic rings. The predicted octanol–water partition coefficient (Wildman–Crippen LogP) is 3.10. The number of aromatic nitrogens is 1. The van der Waals surface area contributed by atoms with Crippen LogP contribution in [0.15, 0.2) is 15.7 Å². The molecule has 0 fully saturated rings. The van der Waals surface area contributed by atoms with E-state index in [-0.39, 0.29) is 23.3 Å². The predicted molar refractivity (Wildman–Crippen MR) is 75.3 cm³/mol. The maximum absolute atomic E-state index is 11.2. The van der Waals surface area contributed by atoms with Gasteiger partial charge in [0.1, 0.15) is 11.2 Å². The minimum Gasteiger partial charge on any atom is -0.469 e. The first-order valence-electron chi connectivity index (χ1n) is 5.39. The molecule has 0 aliphatic carbocycles. The molecule has 0 bridgehead atoms. The van der Waals surface area contributed by atoms with Gasteiger partial charge in [0.05, 0.1) is 22.9 Å². The van der Waals surface area contributed by atoms with Crippen molar-refractivity contribution in [2.24, 2.45) is 0 Å². The number of pyridine rings is 1. The summed E-state index contributed by atoms with van der Waals surface area (Å²) in [7, 11) is 1.34. The van der Waals surface area contributed by atoms with Crippen molar-refractivity contribution in [3.8, 4) is 0 Å². The van der Waals surface area contributed by atoms with Gasteiger partial charge in [0.25, 0.3) is 5.69 Å². The summed E-state index contributed by atoms with van der Waals surface area (Å²) in [5.41, 5.74) is 0.490. The average molecular weight is 349 g/mol. The first-order valence-corrected chi connectivity index (χ1v) is 7.07. The van der Waals surface area contributed by atoms with Crippen LogP contribution in [0.4, 0.5) is 5.69 Å². The molecule has 1 heterocycles. The summed E-state index contributed by atoms with van der Waals surface area (Å²) in [5.74, 6) is -0.297. The largest absolute Gasteiger partial charge is 0.469 e. The lowest BCUT2D eigenvalue weighted by atomic mass is 10.2. The molecular weight excluding hydrogens is 336 g/mol. The number of ether oxygens (including phenoxy) is 1. The number of rotatable bonds is 5. The standard InChI is InChI=1S/C11H13BrN2O4S/c1-6(4-9(15)18-3)19-11-10(12)7(2)8(5-13-11)14(16)17/h5-6H,4H2,1-3H3. The molecule has 1 aromatic heterocycles. The van der Waals surface area contributed by atoms with Gasteiger partial charge in [-0.15, -0.1) is 11.8 Å². The minimum atomic E-state index is -0.473. The van der Waals surface area contributed by atoms with Gasteiger partial charge in [-0.1, -0.05) is 6.92 Å². The molecule has 0 saturated heterocycles. The third-order valence-electron chi connectivity index (χ3n) is 2.40. The molecule has 0 radical (unpaired) electrons. The van der Waals surface area contributed by atoms with Gasteiger partial charge in [0, 0.05) is 10.8 Å². The Morgan fingerprint density at radius 1 is 1.68 bits per heavy atom. The number of thioether (sulfide) groups is 1. The highest BCUT2D eigenvalue weighted by molar-refractivity contribution is 9.10. The first kappa shape index (κ1) is 15.9. The molecule has 1 rings (SSSR count). The Labute approximate surface area is 123 Å². The lowest BCUT2D eigenvalue weighted by Crippen LogP contribution is -2.09. The second-order valence-electron chi connectivity index (χ2n) is 3.85. The van der Waals surface area contributed by atoms with Crippen LogP contribution in [-0.2, 0) is 9.53 Å². The minimum absolute atomic E-state index is 0.0305. The van der Waals surface area contributed by atoms with Gasteiger partial charge in [-0.25, -0.2) is 4.98 Å². The number of hydrogen-bond donors (Lipinski definition) is 0. The van der Waals surface area contributed by atoms with Crippen molar-refractivity contribution in [2.75, 3.05) is 7.11 Å². The van der Waals surface area contributed by atoms with Crippen molar-refractivity contribution < 1.29 is 14.5 Å². The molecule has 0 saturated carbocycles. The molecule has 6 nitrogen and oxygen atoms in total. The Bertz CT molecular complexity index is 510. The SMILES string of the molecule is COC(=O)CC(C)Sc1ncc([N+](=O)[O-])c(C)c1Br. The van der Waals surface area contributed by atoms with E-state index in [1.54, 1.807) is 6.92 Å². The van der Waals surface area contributed by atoms with E-state index >= 15 is 0 Å². The molecule has 0 aromatic carbocycles. The Balaban J connectivity index is 2.88. The van der Waals surface area contributed by atoms with E-state index in [0.717, 1.165) is 0 Å². The zero-order valence-electron chi connectivity index (χ0n) is 10.7. The van der Waals surface area contributed by atoms with Crippen LogP contribution in [0.2, 0.25) is 0 Å². The van der Waals surface area contributed by atoms with E-state index in [4.69, 9.17) is 0 Å². The van der Waals surface area contributed by atoms with Gasteiger partial charge in [-0.05, 0) is 22.9 Å². The molecule has 0 aliphatic heterocycles. The molecule has 19 heavy (non-hydrogen) atoms. The van der Waals surface area contributed by atoms with E-state index in [1.807, 2.05) is 6.92 Å². The third kappa shape index (κ3) is 4.17. The number of esters is 1. The van der Waals surface area contributed by atoms with E-state index in [9.17, 15) is 14.9 Å². The molecule has 1 unspecified atom stereocenters. The second-order valence-corrected chi connectivity index (χ2v) is 6.07. The Kier molecular flexibility index (Phi) is 5.74. The van der Waals surface area contributed by atoms with Gasteiger partial charge in [-0.2, -0.15) is 0 Å². The van der Waals surface area contributed by atoms with E-state index in [1.165, 1.54) is 25.1 Å². The normalized spacial score (nSPS) is 12.0.